The van der Waals surface area contributed by atoms with E-state index < -0.39 is 42.4 Å². The molecule has 0 amide bonds. The highest BCUT2D eigenvalue weighted by atomic mass is 79.9. The number of rotatable bonds is 2. The molecule has 0 spiro atoms. The molecule has 0 bridgehead atoms. The number of nitrogens with one attached hydrogen (secondary N) is 1. The van der Waals surface area contributed by atoms with Crippen LogP contribution in [0.15, 0.2) is 20.3 Å². The molecule has 2 rings (SSSR count). The van der Waals surface area contributed by atoms with Crippen molar-refractivity contribution in [2.24, 2.45) is 0 Å². The summed E-state index contributed by atoms with van der Waals surface area (Å²) >= 11 is 2.94. The summed E-state index contributed by atoms with van der Waals surface area (Å²) in [4.78, 5) is 24.8. The second kappa shape index (κ2) is 4.94. The van der Waals surface area contributed by atoms with Crippen LogP contribution in [0, 0.1) is 0 Å². The minimum atomic E-state index is -1.38. The molecule has 0 radical (unpaired) electrons. The molecule has 1 aromatic rings. The summed E-state index contributed by atoms with van der Waals surface area (Å²) < 4.78 is 6.19. The first kappa shape index (κ1) is 13.4. The van der Waals surface area contributed by atoms with Crippen LogP contribution in [0.1, 0.15) is 6.23 Å². The standard InChI is InChI=1S/C9H11BrN2O6/c10-3-1-12(9(17)11-7(3)16)8-6(15)5(14)4(2-13)18-8/h1,4-6,8,13-15H,2H2,(H,11,16,17)/t4-,5-,6-,8?/m1/s1. The minimum Gasteiger partial charge on any atom is -0.394 e. The zero-order chi connectivity index (χ0) is 13.4. The average Bonchev–Trinajstić information content (AvgIpc) is 2.61. The van der Waals surface area contributed by atoms with Gasteiger partial charge < -0.3 is 20.1 Å². The number of ether oxygens (including phenoxy) is 1. The quantitative estimate of drug-likeness (QED) is 0.495. The predicted octanol–water partition coefficient (Wildman–Crippen LogP) is -2.09. The van der Waals surface area contributed by atoms with E-state index in [1.807, 2.05) is 4.98 Å². The zero-order valence-corrected chi connectivity index (χ0v) is 10.6. The van der Waals surface area contributed by atoms with Crippen LogP contribution >= 0.6 is 15.9 Å². The van der Waals surface area contributed by atoms with E-state index in [0.29, 0.717) is 0 Å². The van der Waals surface area contributed by atoms with E-state index in [1.54, 1.807) is 0 Å². The molecule has 18 heavy (non-hydrogen) atoms. The number of aliphatic hydroxyl groups excluding tert-OH is 3. The van der Waals surface area contributed by atoms with Crippen molar-refractivity contribution in [3.63, 3.8) is 0 Å². The van der Waals surface area contributed by atoms with Crippen LogP contribution in [0.4, 0.5) is 0 Å². The van der Waals surface area contributed by atoms with E-state index in [2.05, 4.69) is 15.9 Å². The molecule has 9 heteroatoms. The summed E-state index contributed by atoms with van der Waals surface area (Å²) in [6.07, 6.45) is -3.68. The number of aromatic amines is 1. The van der Waals surface area contributed by atoms with Crippen molar-refractivity contribution in [3.05, 3.63) is 31.5 Å². The number of hydrogen-bond donors (Lipinski definition) is 4. The Balaban J connectivity index is 2.42. The molecule has 0 saturated carbocycles. The zero-order valence-electron chi connectivity index (χ0n) is 8.99. The lowest BCUT2D eigenvalue weighted by Gasteiger charge is -2.17. The van der Waals surface area contributed by atoms with E-state index in [-0.39, 0.29) is 4.47 Å². The first-order chi connectivity index (χ1) is 8.45. The predicted molar refractivity (Wildman–Crippen MR) is 62.0 cm³/mol. The molecule has 8 nitrogen and oxygen atoms in total. The van der Waals surface area contributed by atoms with Gasteiger partial charge in [-0.2, -0.15) is 0 Å². The Morgan fingerprint density at radius 1 is 1.39 bits per heavy atom. The van der Waals surface area contributed by atoms with Gasteiger partial charge >= 0.3 is 5.69 Å². The van der Waals surface area contributed by atoms with Crippen molar-refractivity contribution in [3.8, 4) is 0 Å². The second-order valence-corrected chi connectivity index (χ2v) is 4.73. The van der Waals surface area contributed by atoms with Crippen molar-refractivity contribution in [1.29, 1.82) is 0 Å². The molecule has 1 fully saturated rings. The van der Waals surface area contributed by atoms with E-state index in [4.69, 9.17) is 9.84 Å². The van der Waals surface area contributed by atoms with Gasteiger partial charge in [0.25, 0.3) is 5.56 Å². The third kappa shape index (κ3) is 2.15. The number of hydrogen-bond acceptors (Lipinski definition) is 6. The van der Waals surface area contributed by atoms with Gasteiger partial charge in [0.1, 0.15) is 18.3 Å². The van der Waals surface area contributed by atoms with E-state index in [1.165, 1.54) is 0 Å². The highest BCUT2D eigenvalue weighted by molar-refractivity contribution is 9.10. The smallest absolute Gasteiger partial charge is 0.330 e. The molecular weight excluding hydrogens is 312 g/mol. The van der Waals surface area contributed by atoms with Gasteiger partial charge in [-0.3, -0.25) is 14.3 Å². The van der Waals surface area contributed by atoms with E-state index in [0.717, 1.165) is 10.8 Å². The van der Waals surface area contributed by atoms with Crippen molar-refractivity contribution < 1.29 is 20.1 Å². The summed E-state index contributed by atoms with van der Waals surface area (Å²) in [5.74, 6) is 0. The largest absolute Gasteiger partial charge is 0.394 e. The maximum atomic E-state index is 11.6. The van der Waals surface area contributed by atoms with Crippen molar-refractivity contribution in [1.82, 2.24) is 9.55 Å². The van der Waals surface area contributed by atoms with Gasteiger partial charge in [0.15, 0.2) is 6.23 Å². The molecule has 1 unspecified atom stereocenters. The molecular formula is C9H11BrN2O6. The van der Waals surface area contributed by atoms with Gasteiger partial charge in [0.05, 0.1) is 11.1 Å². The Bertz CT molecular complexity index is 555. The molecule has 0 aliphatic carbocycles. The molecule has 1 aliphatic rings. The minimum absolute atomic E-state index is 0.0832. The summed E-state index contributed by atoms with van der Waals surface area (Å²) in [6, 6.07) is 0. The summed E-state index contributed by atoms with van der Waals surface area (Å²) in [5.41, 5.74) is -1.39. The number of aliphatic hydroxyl groups is 3. The van der Waals surface area contributed by atoms with Crippen molar-refractivity contribution in [2.45, 2.75) is 24.5 Å². The third-order valence-corrected chi connectivity index (χ3v) is 3.28. The Hall–Kier alpha value is -1.00. The normalized spacial score (nSPS) is 31.8. The summed E-state index contributed by atoms with van der Waals surface area (Å²) in [5, 5.41) is 28.3. The molecule has 1 saturated heterocycles. The van der Waals surface area contributed by atoms with Gasteiger partial charge in [-0.15, -0.1) is 0 Å². The van der Waals surface area contributed by atoms with Crippen LogP contribution in [-0.2, 0) is 4.74 Å². The Morgan fingerprint density at radius 3 is 2.61 bits per heavy atom. The Morgan fingerprint density at radius 2 is 2.06 bits per heavy atom. The Labute approximate surface area is 109 Å². The maximum absolute atomic E-state index is 11.6. The molecule has 2 heterocycles. The van der Waals surface area contributed by atoms with Crippen LogP contribution < -0.4 is 11.2 Å². The Kier molecular flexibility index (Phi) is 3.69. The fraction of sp³-hybridized carbons (Fsp3) is 0.556. The summed E-state index contributed by atoms with van der Waals surface area (Å²) in [6.45, 7) is -0.492. The average molecular weight is 323 g/mol. The fourth-order valence-electron chi connectivity index (χ4n) is 1.76. The monoisotopic (exact) mass is 322 g/mol. The lowest BCUT2D eigenvalue weighted by molar-refractivity contribution is -0.0551. The van der Waals surface area contributed by atoms with Gasteiger partial charge in [-0.05, 0) is 15.9 Å². The fourth-order valence-corrected chi connectivity index (χ4v) is 2.08. The van der Waals surface area contributed by atoms with Gasteiger partial charge in [0.2, 0.25) is 0 Å². The number of halogens is 1. The van der Waals surface area contributed by atoms with Crippen LogP contribution in [0.5, 0.6) is 0 Å². The number of aromatic nitrogens is 2. The third-order valence-electron chi connectivity index (χ3n) is 2.72. The molecule has 4 atom stereocenters. The van der Waals surface area contributed by atoms with Crippen molar-refractivity contribution >= 4 is 15.9 Å². The van der Waals surface area contributed by atoms with Crippen molar-refractivity contribution in [2.75, 3.05) is 6.61 Å². The number of H-pyrrole nitrogens is 1. The van der Waals surface area contributed by atoms with Gasteiger partial charge in [-0.1, -0.05) is 0 Å². The van der Waals surface area contributed by atoms with Crippen LogP contribution in [0.25, 0.3) is 0 Å². The van der Waals surface area contributed by atoms with Crippen LogP contribution in [0.2, 0.25) is 0 Å². The lowest BCUT2D eigenvalue weighted by atomic mass is 10.1. The SMILES string of the molecule is O=c1[nH]c(=O)n(C2O[C@H](CO)[C@@H](O)[C@H]2O)cc1Br. The topological polar surface area (TPSA) is 125 Å². The highest BCUT2D eigenvalue weighted by Gasteiger charge is 2.43. The molecule has 1 aromatic heterocycles. The van der Waals surface area contributed by atoms with Crippen LogP contribution in [-0.4, -0.2) is 49.8 Å². The molecule has 0 aromatic carbocycles. The summed E-state index contributed by atoms with van der Waals surface area (Å²) in [7, 11) is 0. The first-order valence-electron chi connectivity index (χ1n) is 5.09. The molecule has 4 N–H and O–H groups in total. The molecule has 1 aliphatic heterocycles. The maximum Gasteiger partial charge on any atom is 0.330 e. The number of nitrogens with zero attached hydrogens (tertiary/aromatic N) is 1. The highest BCUT2D eigenvalue weighted by Crippen LogP contribution is 2.28. The van der Waals surface area contributed by atoms with E-state index >= 15 is 0 Å². The second-order valence-electron chi connectivity index (χ2n) is 3.87. The molecule has 100 valence electrons. The van der Waals surface area contributed by atoms with Crippen LogP contribution in [0.3, 0.4) is 0 Å². The lowest BCUT2D eigenvalue weighted by Crippen LogP contribution is -2.38. The van der Waals surface area contributed by atoms with Gasteiger partial charge in [-0.25, -0.2) is 4.79 Å². The van der Waals surface area contributed by atoms with E-state index in [9.17, 15) is 19.8 Å². The first-order valence-corrected chi connectivity index (χ1v) is 5.88. The van der Waals surface area contributed by atoms with Gasteiger partial charge in [0, 0.05) is 6.20 Å².